The van der Waals surface area contributed by atoms with E-state index < -0.39 is 0 Å². The van der Waals surface area contributed by atoms with Crippen LogP contribution in [0.4, 0.5) is 0 Å². The molecule has 1 aliphatic carbocycles. The Morgan fingerprint density at radius 3 is 2.82 bits per heavy atom. The van der Waals surface area contributed by atoms with E-state index in [0.717, 1.165) is 31.8 Å². The van der Waals surface area contributed by atoms with E-state index in [2.05, 4.69) is 31.1 Å². The van der Waals surface area contributed by atoms with Crippen molar-refractivity contribution in [3.8, 4) is 0 Å². The first kappa shape index (κ1) is 14.9. The van der Waals surface area contributed by atoms with E-state index in [1.807, 2.05) is 0 Å². The fourth-order valence-electron chi connectivity index (χ4n) is 2.63. The van der Waals surface area contributed by atoms with E-state index in [0.29, 0.717) is 0 Å². The van der Waals surface area contributed by atoms with E-state index in [9.17, 15) is 0 Å². The molecule has 0 aliphatic heterocycles. The van der Waals surface area contributed by atoms with Gasteiger partial charge >= 0.3 is 0 Å². The maximum atomic E-state index is 5.43. The van der Waals surface area contributed by atoms with Gasteiger partial charge in [-0.2, -0.15) is 0 Å². The summed E-state index contributed by atoms with van der Waals surface area (Å²) in [6.45, 7) is 8.24. The largest absolute Gasteiger partial charge is 0.380 e. The average molecular weight is 242 g/mol. The van der Waals surface area contributed by atoms with E-state index in [1.165, 1.54) is 38.6 Å². The molecule has 1 saturated carbocycles. The van der Waals surface area contributed by atoms with Crippen molar-refractivity contribution in [1.82, 2.24) is 10.2 Å². The summed E-state index contributed by atoms with van der Waals surface area (Å²) in [5.41, 5.74) is 0. The quantitative estimate of drug-likeness (QED) is 0.661. The minimum atomic E-state index is 0.739. The number of hydrogen-bond donors (Lipinski definition) is 1. The van der Waals surface area contributed by atoms with Gasteiger partial charge in [0.2, 0.25) is 0 Å². The maximum absolute atomic E-state index is 5.43. The van der Waals surface area contributed by atoms with Crippen LogP contribution in [0.3, 0.4) is 0 Å². The van der Waals surface area contributed by atoms with Crippen LogP contribution in [0.1, 0.15) is 46.0 Å². The normalized spacial score (nSPS) is 25.4. The second-order valence-electron chi connectivity index (χ2n) is 5.15. The zero-order valence-corrected chi connectivity index (χ0v) is 11.9. The summed E-state index contributed by atoms with van der Waals surface area (Å²) < 4.78 is 5.43. The molecule has 3 heteroatoms. The summed E-state index contributed by atoms with van der Waals surface area (Å²) in [7, 11) is 2.24. The van der Waals surface area contributed by atoms with Crippen LogP contribution in [0, 0.1) is 0 Å². The molecule has 0 spiro atoms. The Morgan fingerprint density at radius 1 is 1.29 bits per heavy atom. The molecule has 2 unspecified atom stereocenters. The van der Waals surface area contributed by atoms with Gasteiger partial charge in [0.1, 0.15) is 0 Å². The molecule has 1 fully saturated rings. The van der Waals surface area contributed by atoms with Gasteiger partial charge in [0, 0.05) is 25.2 Å². The molecule has 0 amide bonds. The van der Waals surface area contributed by atoms with Crippen molar-refractivity contribution in [2.24, 2.45) is 0 Å². The van der Waals surface area contributed by atoms with Crippen molar-refractivity contribution in [3.63, 3.8) is 0 Å². The van der Waals surface area contributed by atoms with Crippen LogP contribution in [-0.2, 0) is 4.74 Å². The van der Waals surface area contributed by atoms with Crippen LogP contribution in [0.5, 0.6) is 0 Å². The van der Waals surface area contributed by atoms with Gasteiger partial charge in [0.05, 0.1) is 6.61 Å². The standard InChI is InChI=1S/C14H30N2O/c1-4-9-15-13-7-6-8-14(12-13)16(3)10-11-17-5-2/h13-15H,4-12H2,1-3H3. The predicted octanol–water partition coefficient (Wildman–Crippen LogP) is 2.27. The molecule has 0 aromatic heterocycles. The Bertz CT molecular complexity index is 187. The first-order chi connectivity index (χ1) is 8.27. The lowest BCUT2D eigenvalue weighted by Crippen LogP contribution is -2.44. The molecule has 2 atom stereocenters. The number of nitrogens with zero attached hydrogens (tertiary/aromatic N) is 1. The molecule has 0 bridgehead atoms. The smallest absolute Gasteiger partial charge is 0.0593 e. The summed E-state index contributed by atoms with van der Waals surface area (Å²) in [6.07, 6.45) is 6.62. The van der Waals surface area contributed by atoms with E-state index >= 15 is 0 Å². The topological polar surface area (TPSA) is 24.5 Å². The number of ether oxygens (including phenoxy) is 1. The predicted molar refractivity (Wildman–Crippen MR) is 73.5 cm³/mol. The van der Waals surface area contributed by atoms with Crippen LogP contribution < -0.4 is 5.32 Å². The van der Waals surface area contributed by atoms with Gasteiger partial charge in [-0.15, -0.1) is 0 Å². The lowest BCUT2D eigenvalue weighted by atomic mass is 9.90. The molecular formula is C14H30N2O. The summed E-state index contributed by atoms with van der Waals surface area (Å²) >= 11 is 0. The third-order valence-corrected chi connectivity index (χ3v) is 3.75. The molecule has 1 rings (SSSR count). The Hall–Kier alpha value is -0.120. The lowest BCUT2D eigenvalue weighted by molar-refractivity contribution is 0.0925. The Morgan fingerprint density at radius 2 is 2.12 bits per heavy atom. The van der Waals surface area contributed by atoms with Gasteiger partial charge in [-0.1, -0.05) is 13.3 Å². The molecule has 1 aliphatic rings. The molecule has 0 radical (unpaired) electrons. The van der Waals surface area contributed by atoms with Crippen LogP contribution >= 0.6 is 0 Å². The van der Waals surface area contributed by atoms with Gasteiger partial charge < -0.3 is 15.0 Å². The van der Waals surface area contributed by atoms with Crippen LogP contribution in [0.15, 0.2) is 0 Å². The molecule has 102 valence electrons. The molecule has 17 heavy (non-hydrogen) atoms. The highest BCUT2D eigenvalue weighted by atomic mass is 16.5. The molecule has 1 N–H and O–H groups in total. The molecule has 0 heterocycles. The number of hydrogen-bond acceptors (Lipinski definition) is 3. The van der Waals surface area contributed by atoms with Crippen LogP contribution in [0.2, 0.25) is 0 Å². The first-order valence-electron chi connectivity index (χ1n) is 7.29. The van der Waals surface area contributed by atoms with Crippen molar-refractivity contribution >= 4 is 0 Å². The monoisotopic (exact) mass is 242 g/mol. The number of likely N-dealkylation sites (N-methyl/N-ethyl adjacent to an activating group) is 1. The minimum absolute atomic E-state index is 0.739. The SMILES string of the molecule is CCCNC1CCCC(N(C)CCOCC)C1. The second kappa shape index (κ2) is 8.90. The van der Waals surface area contributed by atoms with Gasteiger partial charge in [-0.05, 0) is 46.2 Å². The number of nitrogens with one attached hydrogen (secondary N) is 1. The first-order valence-corrected chi connectivity index (χ1v) is 7.29. The third-order valence-electron chi connectivity index (χ3n) is 3.75. The third kappa shape index (κ3) is 5.84. The number of rotatable bonds is 8. The van der Waals surface area contributed by atoms with Gasteiger partial charge in [-0.3, -0.25) is 0 Å². The van der Waals surface area contributed by atoms with Crippen molar-refractivity contribution in [3.05, 3.63) is 0 Å². The minimum Gasteiger partial charge on any atom is -0.380 e. The maximum Gasteiger partial charge on any atom is 0.0593 e. The molecule has 3 nitrogen and oxygen atoms in total. The summed E-state index contributed by atoms with van der Waals surface area (Å²) in [6, 6.07) is 1.49. The van der Waals surface area contributed by atoms with E-state index in [-0.39, 0.29) is 0 Å². The van der Waals surface area contributed by atoms with Gasteiger partial charge in [0.25, 0.3) is 0 Å². The molecule has 0 aromatic carbocycles. The Kier molecular flexibility index (Phi) is 7.82. The lowest BCUT2D eigenvalue weighted by Gasteiger charge is -2.35. The molecule has 0 saturated heterocycles. The fourth-order valence-corrected chi connectivity index (χ4v) is 2.63. The zero-order chi connectivity index (χ0) is 12.5. The van der Waals surface area contributed by atoms with Crippen molar-refractivity contribution < 1.29 is 4.74 Å². The van der Waals surface area contributed by atoms with Gasteiger partial charge in [0.15, 0.2) is 0 Å². The molecule has 0 aromatic rings. The van der Waals surface area contributed by atoms with Crippen LogP contribution in [0.25, 0.3) is 0 Å². The second-order valence-corrected chi connectivity index (χ2v) is 5.15. The Balaban J connectivity index is 2.22. The highest BCUT2D eigenvalue weighted by Gasteiger charge is 2.23. The van der Waals surface area contributed by atoms with Crippen molar-refractivity contribution in [2.45, 2.75) is 58.0 Å². The molecular weight excluding hydrogens is 212 g/mol. The summed E-state index contributed by atoms with van der Waals surface area (Å²) in [5, 5.41) is 3.67. The van der Waals surface area contributed by atoms with Crippen molar-refractivity contribution in [2.75, 3.05) is 33.4 Å². The highest BCUT2D eigenvalue weighted by molar-refractivity contribution is 4.82. The highest BCUT2D eigenvalue weighted by Crippen LogP contribution is 2.22. The van der Waals surface area contributed by atoms with E-state index in [4.69, 9.17) is 4.74 Å². The fraction of sp³-hybridized carbons (Fsp3) is 1.00. The van der Waals surface area contributed by atoms with E-state index in [1.54, 1.807) is 0 Å². The van der Waals surface area contributed by atoms with Crippen LogP contribution in [-0.4, -0.2) is 50.3 Å². The van der Waals surface area contributed by atoms with Crippen molar-refractivity contribution in [1.29, 1.82) is 0 Å². The zero-order valence-electron chi connectivity index (χ0n) is 11.9. The average Bonchev–Trinajstić information content (AvgIpc) is 2.37. The van der Waals surface area contributed by atoms with Gasteiger partial charge in [-0.25, -0.2) is 0 Å². The Labute approximate surface area is 107 Å². The summed E-state index contributed by atoms with van der Waals surface area (Å²) in [5.74, 6) is 0. The summed E-state index contributed by atoms with van der Waals surface area (Å²) in [4.78, 5) is 2.48.